The van der Waals surface area contributed by atoms with Gasteiger partial charge < -0.3 is 14.6 Å². The summed E-state index contributed by atoms with van der Waals surface area (Å²) >= 11 is 0. The highest BCUT2D eigenvalue weighted by Crippen LogP contribution is 2.22. The third kappa shape index (κ3) is 5.12. The lowest BCUT2D eigenvalue weighted by Crippen LogP contribution is -2.28. The summed E-state index contributed by atoms with van der Waals surface area (Å²) in [4.78, 5) is 11.1. The number of hydrogen-bond acceptors (Lipinski definition) is 6. The molecule has 0 aliphatic carbocycles. The number of esters is 1. The van der Waals surface area contributed by atoms with Crippen LogP contribution in [0.2, 0.25) is 0 Å². The van der Waals surface area contributed by atoms with Gasteiger partial charge in [-0.15, -0.1) is 0 Å². The second-order valence-electron chi connectivity index (χ2n) is 3.51. The highest BCUT2D eigenvalue weighted by atomic mass is 16.6. The van der Waals surface area contributed by atoms with Crippen LogP contribution >= 0.6 is 0 Å². The van der Waals surface area contributed by atoms with E-state index >= 15 is 0 Å². The van der Waals surface area contributed by atoms with Crippen molar-refractivity contribution in [2.75, 3.05) is 14.2 Å². The molecule has 1 atom stereocenters. The van der Waals surface area contributed by atoms with Gasteiger partial charge in [0.2, 0.25) is 0 Å². The van der Waals surface area contributed by atoms with Crippen LogP contribution in [0, 0.1) is 22.7 Å². The quantitative estimate of drug-likeness (QED) is 0.428. The number of carbonyl (C=O) groups is 1. The summed E-state index contributed by atoms with van der Waals surface area (Å²) in [5.74, 6) is -2.13. The lowest BCUT2D eigenvalue weighted by atomic mass is 9.98. The molecule has 0 fully saturated rings. The summed E-state index contributed by atoms with van der Waals surface area (Å²) in [5.41, 5.74) is -0.0265. The van der Waals surface area contributed by atoms with E-state index in [0.717, 1.165) is 0 Å². The molecule has 1 N–H and O–H groups in total. The van der Waals surface area contributed by atoms with Crippen LogP contribution in [0.3, 0.4) is 0 Å². The molecule has 0 aromatic heterocycles. The van der Waals surface area contributed by atoms with Gasteiger partial charge in [-0.2, -0.15) is 10.5 Å². The Morgan fingerprint density at radius 1 is 1.35 bits per heavy atom. The highest BCUT2D eigenvalue weighted by Gasteiger charge is 2.24. The van der Waals surface area contributed by atoms with Crippen molar-refractivity contribution in [2.24, 2.45) is 0 Å². The van der Waals surface area contributed by atoms with Crippen LogP contribution in [0.4, 0.5) is 0 Å². The molecule has 0 saturated heterocycles. The lowest BCUT2D eigenvalue weighted by molar-refractivity contribution is -0.169. The molecule has 0 rings (SSSR count). The minimum Gasteiger partial charge on any atom is -0.469 e. The van der Waals surface area contributed by atoms with E-state index in [1.807, 2.05) is 0 Å². The third-order valence-electron chi connectivity index (χ3n) is 2.14. The van der Waals surface area contributed by atoms with E-state index in [1.54, 1.807) is 12.1 Å². The predicted molar refractivity (Wildman–Crippen MR) is 57.1 cm³/mol. The summed E-state index contributed by atoms with van der Waals surface area (Å²) < 4.78 is 9.23. The lowest BCUT2D eigenvalue weighted by Gasteiger charge is -2.22. The van der Waals surface area contributed by atoms with Crippen LogP contribution in [0.15, 0.2) is 11.1 Å². The van der Waals surface area contributed by atoms with Gasteiger partial charge in [0.25, 0.3) is 0 Å². The van der Waals surface area contributed by atoms with Gasteiger partial charge in [0.1, 0.15) is 17.7 Å². The smallest absolute Gasteiger partial charge is 0.309 e. The van der Waals surface area contributed by atoms with Crippen molar-refractivity contribution in [3.05, 3.63) is 11.1 Å². The Balaban J connectivity index is 5.16. The normalized spacial score (nSPS) is 12.8. The predicted octanol–water partition coefficient (Wildman–Crippen LogP) is 0.638. The van der Waals surface area contributed by atoms with Gasteiger partial charge in [-0.1, -0.05) is 0 Å². The van der Waals surface area contributed by atoms with Crippen LogP contribution in [0.1, 0.15) is 19.8 Å². The molecule has 0 spiro atoms. The number of allylic oxidation sites excluding steroid dienone is 1. The fourth-order valence-electron chi connectivity index (χ4n) is 1.14. The summed E-state index contributed by atoms with van der Waals surface area (Å²) in [5, 5.41) is 27.2. The minimum absolute atomic E-state index is 0.116. The summed E-state index contributed by atoms with van der Waals surface area (Å²) in [6, 6.07) is 3.34. The van der Waals surface area contributed by atoms with E-state index in [9.17, 15) is 9.90 Å². The zero-order valence-corrected chi connectivity index (χ0v) is 9.98. The number of carbonyl (C=O) groups excluding carboxylic acids is 1. The Labute approximate surface area is 99.7 Å². The van der Waals surface area contributed by atoms with Crippen molar-refractivity contribution < 1.29 is 19.4 Å². The molecular formula is C11H14N2O4. The molecular weight excluding hydrogens is 224 g/mol. The SMILES string of the molecule is COC(=O)CC(CC(C)(O)OC)=C(C#N)C#N. The van der Waals surface area contributed by atoms with Crippen LogP contribution in [-0.2, 0) is 14.3 Å². The number of nitrogens with zero attached hydrogens (tertiary/aromatic N) is 2. The van der Waals surface area contributed by atoms with Crippen molar-refractivity contribution in [3.8, 4) is 12.1 Å². The van der Waals surface area contributed by atoms with Crippen LogP contribution in [0.25, 0.3) is 0 Å². The van der Waals surface area contributed by atoms with E-state index in [-0.39, 0.29) is 24.0 Å². The Bertz CT molecular complexity index is 383. The van der Waals surface area contributed by atoms with Gasteiger partial charge >= 0.3 is 5.97 Å². The standard InChI is InChI=1S/C11H14N2O4/c1-11(15,17-3)5-8(4-10(14)16-2)9(6-12)7-13/h15H,4-5H2,1-3H3. The van der Waals surface area contributed by atoms with Gasteiger partial charge in [0.15, 0.2) is 5.79 Å². The zero-order valence-electron chi connectivity index (χ0n) is 9.98. The van der Waals surface area contributed by atoms with Crippen molar-refractivity contribution in [2.45, 2.75) is 25.6 Å². The van der Waals surface area contributed by atoms with Gasteiger partial charge in [0.05, 0.1) is 13.5 Å². The molecule has 0 saturated carbocycles. The second-order valence-corrected chi connectivity index (χ2v) is 3.51. The van der Waals surface area contributed by atoms with Crippen LogP contribution < -0.4 is 0 Å². The summed E-state index contributed by atoms with van der Waals surface area (Å²) in [6.07, 6.45) is -0.346. The number of ether oxygens (including phenoxy) is 2. The van der Waals surface area contributed by atoms with Crippen molar-refractivity contribution >= 4 is 5.97 Å². The van der Waals surface area contributed by atoms with Gasteiger partial charge in [-0.3, -0.25) is 4.79 Å². The van der Waals surface area contributed by atoms with Crippen molar-refractivity contribution in [1.29, 1.82) is 10.5 Å². The number of methoxy groups -OCH3 is 2. The molecule has 17 heavy (non-hydrogen) atoms. The Kier molecular flexibility index (Phi) is 5.90. The largest absolute Gasteiger partial charge is 0.469 e. The molecule has 92 valence electrons. The molecule has 1 unspecified atom stereocenters. The van der Waals surface area contributed by atoms with Crippen LogP contribution in [-0.4, -0.2) is 31.1 Å². The molecule has 0 aliphatic rings. The highest BCUT2D eigenvalue weighted by molar-refractivity contribution is 5.73. The maximum Gasteiger partial charge on any atom is 0.309 e. The Morgan fingerprint density at radius 2 is 1.88 bits per heavy atom. The summed E-state index contributed by atoms with van der Waals surface area (Å²) in [6.45, 7) is 1.37. The maximum atomic E-state index is 11.1. The van der Waals surface area contributed by atoms with Crippen molar-refractivity contribution in [3.63, 3.8) is 0 Å². The minimum atomic E-state index is -1.54. The number of rotatable bonds is 5. The number of hydrogen-bond donors (Lipinski definition) is 1. The molecule has 0 amide bonds. The fourth-order valence-corrected chi connectivity index (χ4v) is 1.14. The van der Waals surface area contributed by atoms with Gasteiger partial charge in [-0.25, -0.2) is 0 Å². The number of aliphatic hydroxyl groups is 1. The first-order valence-corrected chi connectivity index (χ1v) is 4.76. The van der Waals surface area contributed by atoms with Crippen molar-refractivity contribution in [1.82, 2.24) is 0 Å². The molecule has 6 nitrogen and oxygen atoms in total. The van der Waals surface area contributed by atoms with Gasteiger partial charge in [0, 0.05) is 13.5 Å². The van der Waals surface area contributed by atoms with E-state index in [4.69, 9.17) is 15.3 Å². The topological polar surface area (TPSA) is 103 Å². The van der Waals surface area contributed by atoms with E-state index in [1.165, 1.54) is 21.1 Å². The maximum absolute atomic E-state index is 11.1. The molecule has 0 heterocycles. The average Bonchev–Trinajstić information content (AvgIpc) is 2.29. The number of nitriles is 2. The first-order chi connectivity index (χ1) is 7.90. The van der Waals surface area contributed by atoms with E-state index < -0.39 is 11.8 Å². The molecule has 6 heteroatoms. The molecule has 0 bridgehead atoms. The fraction of sp³-hybridized carbons (Fsp3) is 0.545. The molecule has 0 radical (unpaired) electrons. The Morgan fingerprint density at radius 3 is 2.24 bits per heavy atom. The second kappa shape index (κ2) is 6.64. The first kappa shape index (κ1) is 15.1. The van der Waals surface area contributed by atoms with E-state index in [0.29, 0.717) is 0 Å². The molecule has 0 aliphatic heterocycles. The van der Waals surface area contributed by atoms with E-state index in [2.05, 4.69) is 4.74 Å². The zero-order chi connectivity index (χ0) is 13.5. The first-order valence-electron chi connectivity index (χ1n) is 4.76. The third-order valence-corrected chi connectivity index (χ3v) is 2.14. The molecule has 0 aromatic carbocycles. The monoisotopic (exact) mass is 238 g/mol. The van der Waals surface area contributed by atoms with Gasteiger partial charge in [-0.05, 0) is 12.5 Å². The summed E-state index contributed by atoms with van der Waals surface area (Å²) in [7, 11) is 2.49. The molecule has 0 aromatic rings. The average molecular weight is 238 g/mol. The Hall–Kier alpha value is -1.89. The van der Waals surface area contributed by atoms with Crippen LogP contribution in [0.5, 0.6) is 0 Å².